The molecule has 0 atom stereocenters. The molecule has 0 heterocycles. The zero-order valence-electron chi connectivity index (χ0n) is 10.1. The van der Waals surface area contributed by atoms with Gasteiger partial charge in [0.2, 0.25) is 0 Å². The van der Waals surface area contributed by atoms with Gasteiger partial charge in [-0.05, 0) is 16.7 Å². The van der Waals surface area contributed by atoms with Gasteiger partial charge in [-0.1, -0.05) is 72.4 Å². The van der Waals surface area contributed by atoms with Crippen LogP contribution in [0, 0.1) is 0 Å². The Bertz CT molecular complexity index is 532. The van der Waals surface area contributed by atoms with Crippen LogP contribution in [0.15, 0.2) is 66.3 Å². The molecule has 0 saturated heterocycles. The van der Waals surface area contributed by atoms with Crippen molar-refractivity contribution in [2.45, 2.75) is 6.61 Å². The quantitative estimate of drug-likeness (QED) is 0.571. The average molecular weight is 237 g/mol. The van der Waals surface area contributed by atoms with Gasteiger partial charge in [0.15, 0.2) is 0 Å². The molecule has 2 aromatic carbocycles. The number of benzene rings is 2. The molecule has 90 valence electrons. The van der Waals surface area contributed by atoms with Crippen molar-refractivity contribution in [3.63, 3.8) is 0 Å². The van der Waals surface area contributed by atoms with Gasteiger partial charge in [-0.25, -0.2) is 0 Å². The third kappa shape index (κ3) is 3.32. The van der Waals surface area contributed by atoms with Crippen LogP contribution in [0.5, 0.6) is 0 Å². The van der Waals surface area contributed by atoms with Crippen molar-refractivity contribution >= 4 is 12.3 Å². The Morgan fingerprint density at radius 3 is 2.50 bits per heavy atom. The Balaban J connectivity index is 1.92. The molecule has 2 heteroatoms. The van der Waals surface area contributed by atoms with Crippen LogP contribution < -0.4 is 0 Å². The zero-order valence-corrected chi connectivity index (χ0v) is 10.1. The van der Waals surface area contributed by atoms with Crippen LogP contribution >= 0.6 is 0 Å². The molecule has 18 heavy (non-hydrogen) atoms. The second-order valence-electron chi connectivity index (χ2n) is 3.82. The van der Waals surface area contributed by atoms with Crippen LogP contribution in [0.25, 0.3) is 6.08 Å². The van der Waals surface area contributed by atoms with E-state index in [4.69, 9.17) is 4.84 Å². The van der Waals surface area contributed by atoms with Crippen molar-refractivity contribution in [1.82, 2.24) is 0 Å². The topological polar surface area (TPSA) is 21.6 Å². The van der Waals surface area contributed by atoms with Crippen molar-refractivity contribution in [2.75, 3.05) is 0 Å². The molecule has 0 bridgehead atoms. The Kier molecular flexibility index (Phi) is 4.31. The van der Waals surface area contributed by atoms with E-state index in [1.165, 1.54) is 0 Å². The first-order valence-electron chi connectivity index (χ1n) is 5.81. The Morgan fingerprint density at radius 2 is 1.72 bits per heavy atom. The molecule has 0 unspecified atom stereocenters. The van der Waals surface area contributed by atoms with E-state index in [1.54, 1.807) is 6.21 Å². The summed E-state index contributed by atoms with van der Waals surface area (Å²) in [5.41, 5.74) is 3.18. The standard InChI is InChI=1S/C16H15NO/c1-2-15-10-6-7-11-16(15)13-18-17-12-14-8-4-3-5-9-14/h2-12H,1,13H2. The molecule has 2 rings (SSSR count). The molecule has 0 aliphatic carbocycles. The van der Waals surface area contributed by atoms with Gasteiger partial charge in [0, 0.05) is 0 Å². The van der Waals surface area contributed by atoms with Gasteiger partial charge in [-0.3, -0.25) is 0 Å². The van der Waals surface area contributed by atoms with Gasteiger partial charge >= 0.3 is 0 Å². The molecule has 0 N–H and O–H groups in total. The number of rotatable bonds is 5. The fourth-order valence-electron chi connectivity index (χ4n) is 1.61. The lowest BCUT2D eigenvalue weighted by atomic mass is 10.1. The minimum atomic E-state index is 0.450. The maximum absolute atomic E-state index is 5.29. The first-order valence-corrected chi connectivity index (χ1v) is 5.81. The number of hydrogen-bond donors (Lipinski definition) is 0. The second-order valence-corrected chi connectivity index (χ2v) is 3.82. The van der Waals surface area contributed by atoms with Gasteiger partial charge in [-0.2, -0.15) is 0 Å². The molecule has 0 aromatic heterocycles. The summed E-state index contributed by atoms with van der Waals surface area (Å²) in [5, 5.41) is 3.95. The molecular weight excluding hydrogens is 222 g/mol. The smallest absolute Gasteiger partial charge is 0.142 e. The maximum atomic E-state index is 5.29. The van der Waals surface area contributed by atoms with E-state index in [2.05, 4.69) is 11.7 Å². The summed E-state index contributed by atoms with van der Waals surface area (Å²) in [6, 6.07) is 17.8. The molecule has 0 aliphatic rings. The van der Waals surface area contributed by atoms with Crippen LogP contribution in [0.1, 0.15) is 16.7 Å². The van der Waals surface area contributed by atoms with Crippen molar-refractivity contribution < 1.29 is 4.84 Å². The van der Waals surface area contributed by atoms with Gasteiger partial charge in [0.1, 0.15) is 6.61 Å². The van der Waals surface area contributed by atoms with Crippen LogP contribution in [0.3, 0.4) is 0 Å². The van der Waals surface area contributed by atoms with Crippen LogP contribution in [0.2, 0.25) is 0 Å². The highest BCUT2D eigenvalue weighted by Gasteiger charge is 1.97. The van der Waals surface area contributed by atoms with Gasteiger partial charge in [0.05, 0.1) is 6.21 Å². The Morgan fingerprint density at radius 1 is 1.00 bits per heavy atom. The van der Waals surface area contributed by atoms with E-state index >= 15 is 0 Å². The van der Waals surface area contributed by atoms with Crippen molar-refractivity contribution in [3.05, 3.63) is 77.9 Å². The minimum absolute atomic E-state index is 0.450. The SMILES string of the molecule is C=Cc1ccccc1CON=Cc1ccccc1. The van der Waals surface area contributed by atoms with E-state index in [1.807, 2.05) is 60.7 Å². The van der Waals surface area contributed by atoms with E-state index in [0.717, 1.165) is 16.7 Å². The van der Waals surface area contributed by atoms with E-state index in [0.29, 0.717) is 6.61 Å². The largest absolute Gasteiger partial charge is 0.391 e. The molecule has 0 spiro atoms. The Labute approximate surface area is 107 Å². The molecule has 0 radical (unpaired) electrons. The van der Waals surface area contributed by atoms with Gasteiger partial charge < -0.3 is 4.84 Å². The summed E-state index contributed by atoms with van der Waals surface area (Å²) in [6.45, 7) is 4.22. The second kappa shape index (κ2) is 6.40. The molecule has 0 aliphatic heterocycles. The molecule has 0 saturated carbocycles. The third-order valence-corrected chi connectivity index (χ3v) is 2.57. The van der Waals surface area contributed by atoms with Gasteiger partial charge in [0.25, 0.3) is 0 Å². The summed E-state index contributed by atoms with van der Waals surface area (Å²) in [7, 11) is 0. The van der Waals surface area contributed by atoms with Crippen molar-refractivity contribution in [2.24, 2.45) is 5.16 Å². The van der Waals surface area contributed by atoms with E-state index < -0.39 is 0 Å². The lowest BCUT2D eigenvalue weighted by Gasteiger charge is -2.03. The predicted octanol–water partition coefficient (Wildman–Crippen LogP) is 3.88. The number of oxime groups is 1. The molecule has 0 amide bonds. The summed E-state index contributed by atoms with van der Waals surface area (Å²) < 4.78 is 0. The van der Waals surface area contributed by atoms with Crippen LogP contribution in [-0.4, -0.2) is 6.21 Å². The fraction of sp³-hybridized carbons (Fsp3) is 0.0625. The normalized spacial score (nSPS) is 10.4. The maximum Gasteiger partial charge on any atom is 0.142 e. The van der Waals surface area contributed by atoms with Crippen LogP contribution in [0.4, 0.5) is 0 Å². The lowest BCUT2D eigenvalue weighted by molar-refractivity contribution is 0.132. The predicted molar refractivity (Wildman–Crippen MR) is 75.4 cm³/mol. The Hall–Kier alpha value is -2.35. The van der Waals surface area contributed by atoms with E-state index in [-0.39, 0.29) is 0 Å². The highest BCUT2D eigenvalue weighted by molar-refractivity contribution is 5.78. The van der Waals surface area contributed by atoms with Gasteiger partial charge in [-0.15, -0.1) is 0 Å². The summed E-state index contributed by atoms with van der Waals surface area (Å²) in [4.78, 5) is 5.29. The molecule has 0 fully saturated rings. The summed E-state index contributed by atoms with van der Waals surface area (Å²) in [5.74, 6) is 0. The number of nitrogens with zero attached hydrogens (tertiary/aromatic N) is 1. The average Bonchev–Trinajstić information content (AvgIpc) is 2.45. The fourth-order valence-corrected chi connectivity index (χ4v) is 1.61. The monoisotopic (exact) mass is 237 g/mol. The molecule has 2 aromatic rings. The first-order chi connectivity index (χ1) is 8.90. The van der Waals surface area contributed by atoms with Crippen LogP contribution in [-0.2, 0) is 11.4 Å². The summed E-state index contributed by atoms with van der Waals surface area (Å²) >= 11 is 0. The zero-order chi connectivity index (χ0) is 12.6. The third-order valence-electron chi connectivity index (χ3n) is 2.57. The molecular formula is C16H15NO. The lowest BCUT2D eigenvalue weighted by Crippen LogP contribution is -1.91. The molecule has 2 nitrogen and oxygen atoms in total. The summed E-state index contributed by atoms with van der Waals surface area (Å²) in [6.07, 6.45) is 3.52. The van der Waals surface area contributed by atoms with Crippen molar-refractivity contribution in [3.8, 4) is 0 Å². The number of hydrogen-bond acceptors (Lipinski definition) is 2. The highest BCUT2D eigenvalue weighted by atomic mass is 16.6. The van der Waals surface area contributed by atoms with Crippen molar-refractivity contribution in [1.29, 1.82) is 0 Å². The minimum Gasteiger partial charge on any atom is -0.391 e. The van der Waals surface area contributed by atoms with E-state index in [9.17, 15) is 0 Å². The highest BCUT2D eigenvalue weighted by Crippen LogP contribution is 2.11. The first kappa shape index (κ1) is 12.1.